The van der Waals surface area contributed by atoms with Gasteiger partial charge in [-0.1, -0.05) is 28.1 Å². The molecule has 5 heteroatoms. The highest BCUT2D eigenvalue weighted by Crippen LogP contribution is 2.30. The monoisotopic (exact) mass is 397 g/mol. The van der Waals surface area contributed by atoms with E-state index in [1.165, 1.54) is 0 Å². The third-order valence-corrected chi connectivity index (χ3v) is 3.78. The van der Waals surface area contributed by atoms with Crippen molar-refractivity contribution in [3.63, 3.8) is 0 Å². The molecule has 3 nitrogen and oxygen atoms in total. The van der Waals surface area contributed by atoms with Crippen LogP contribution in [0.4, 0.5) is 0 Å². The molecule has 0 atom stereocenters. The van der Waals surface area contributed by atoms with Gasteiger partial charge in [0.05, 0.1) is 18.1 Å². The molecule has 2 aromatic carbocycles. The van der Waals surface area contributed by atoms with E-state index in [1.54, 1.807) is 19.4 Å². The Bertz CT molecular complexity index is 625. The summed E-state index contributed by atoms with van der Waals surface area (Å²) in [5.41, 5.74) is 1.75. The van der Waals surface area contributed by atoms with Crippen LogP contribution < -0.4 is 4.74 Å². The van der Waals surface area contributed by atoms with Crippen molar-refractivity contribution in [3.8, 4) is 11.5 Å². The van der Waals surface area contributed by atoms with E-state index in [0.717, 1.165) is 15.8 Å². The van der Waals surface area contributed by atoms with E-state index in [4.69, 9.17) is 4.74 Å². The normalized spacial score (nSPS) is 10.9. The van der Waals surface area contributed by atoms with Gasteiger partial charge in [0.15, 0.2) is 0 Å². The van der Waals surface area contributed by atoms with Crippen LogP contribution in [-0.4, -0.2) is 18.4 Å². The summed E-state index contributed by atoms with van der Waals surface area (Å²) >= 11 is 6.68. The smallest absolute Gasteiger partial charge is 0.138 e. The summed E-state index contributed by atoms with van der Waals surface area (Å²) in [4.78, 5) is 4.34. The van der Waals surface area contributed by atoms with Gasteiger partial charge < -0.3 is 9.84 Å². The van der Waals surface area contributed by atoms with Gasteiger partial charge in [-0.25, -0.2) is 0 Å². The van der Waals surface area contributed by atoms with E-state index in [-0.39, 0.29) is 5.75 Å². The molecule has 0 amide bonds. The fourth-order valence-corrected chi connectivity index (χ4v) is 2.92. The zero-order valence-corrected chi connectivity index (χ0v) is 14.0. The summed E-state index contributed by atoms with van der Waals surface area (Å²) in [5.74, 6) is 1.01. The van der Waals surface area contributed by atoms with Crippen LogP contribution in [0.25, 0.3) is 0 Å². The fourth-order valence-electron chi connectivity index (χ4n) is 1.66. The molecular weight excluding hydrogens is 386 g/mol. The van der Waals surface area contributed by atoms with Crippen LogP contribution in [0.1, 0.15) is 11.1 Å². The first-order valence-corrected chi connectivity index (χ1v) is 7.49. The Hall–Kier alpha value is -1.33. The topological polar surface area (TPSA) is 41.8 Å². The number of phenols is 1. The molecule has 0 aliphatic carbocycles. The highest BCUT2D eigenvalue weighted by molar-refractivity contribution is 9.11. The predicted octanol–water partition coefficient (Wildman–Crippen LogP) is 4.54. The second-order valence-electron chi connectivity index (χ2n) is 4.14. The summed E-state index contributed by atoms with van der Waals surface area (Å²) in [7, 11) is 1.64. The zero-order chi connectivity index (χ0) is 14.5. The molecule has 0 radical (unpaired) electrons. The number of ether oxygens (including phenoxy) is 1. The summed E-state index contributed by atoms with van der Waals surface area (Å²) in [6, 6.07) is 11.3. The molecule has 0 spiro atoms. The lowest BCUT2D eigenvalue weighted by Crippen LogP contribution is -1.88. The van der Waals surface area contributed by atoms with Gasteiger partial charge in [-0.2, -0.15) is 0 Å². The molecule has 0 saturated carbocycles. The van der Waals surface area contributed by atoms with Gasteiger partial charge in [0.1, 0.15) is 11.5 Å². The second kappa shape index (κ2) is 6.90. The first-order chi connectivity index (χ1) is 9.60. The van der Waals surface area contributed by atoms with E-state index in [1.807, 2.05) is 30.3 Å². The van der Waals surface area contributed by atoms with Crippen molar-refractivity contribution in [1.82, 2.24) is 0 Å². The third-order valence-electron chi connectivity index (χ3n) is 2.72. The first-order valence-electron chi connectivity index (χ1n) is 5.91. The molecule has 2 rings (SSSR count). The summed E-state index contributed by atoms with van der Waals surface area (Å²) in [5, 5.41) is 9.91. The van der Waals surface area contributed by atoms with Crippen molar-refractivity contribution in [3.05, 3.63) is 56.5 Å². The average Bonchev–Trinajstić information content (AvgIpc) is 2.44. The molecule has 104 valence electrons. The van der Waals surface area contributed by atoms with Crippen LogP contribution in [0.3, 0.4) is 0 Å². The maximum Gasteiger partial charge on any atom is 0.138 e. The molecule has 0 bridgehead atoms. The molecule has 0 aromatic heterocycles. The Balaban J connectivity index is 2.09. The molecule has 1 N–H and O–H groups in total. The first kappa shape index (κ1) is 15.1. The minimum atomic E-state index is 0.187. The maximum atomic E-state index is 9.91. The van der Waals surface area contributed by atoms with Crippen LogP contribution in [0, 0.1) is 0 Å². The lowest BCUT2D eigenvalue weighted by atomic mass is 10.2. The summed E-state index contributed by atoms with van der Waals surface area (Å²) in [6.07, 6.45) is 1.66. The lowest BCUT2D eigenvalue weighted by Gasteiger charge is -2.03. The van der Waals surface area contributed by atoms with Gasteiger partial charge in [0.2, 0.25) is 0 Å². The van der Waals surface area contributed by atoms with Crippen LogP contribution >= 0.6 is 31.9 Å². The Morgan fingerprint density at radius 3 is 2.55 bits per heavy atom. The number of benzene rings is 2. The van der Waals surface area contributed by atoms with Gasteiger partial charge in [-0.05, 0) is 45.8 Å². The summed E-state index contributed by atoms with van der Waals surface area (Å²) in [6.45, 7) is 0.549. The maximum absolute atomic E-state index is 9.91. The molecule has 0 fully saturated rings. The Labute approximate surface area is 134 Å². The van der Waals surface area contributed by atoms with Crippen molar-refractivity contribution in [2.45, 2.75) is 6.54 Å². The highest BCUT2D eigenvalue weighted by Gasteiger charge is 2.05. The minimum Gasteiger partial charge on any atom is -0.506 e. The number of hydrogen-bond donors (Lipinski definition) is 1. The van der Waals surface area contributed by atoms with Crippen molar-refractivity contribution < 1.29 is 9.84 Å². The number of methoxy groups -OCH3 is 1. The highest BCUT2D eigenvalue weighted by atomic mass is 79.9. The largest absolute Gasteiger partial charge is 0.506 e. The van der Waals surface area contributed by atoms with E-state index < -0.39 is 0 Å². The number of hydrogen-bond acceptors (Lipinski definition) is 3. The van der Waals surface area contributed by atoms with Crippen molar-refractivity contribution >= 4 is 38.1 Å². The molecule has 0 saturated heterocycles. The third kappa shape index (κ3) is 3.84. The Morgan fingerprint density at radius 2 is 1.90 bits per heavy atom. The van der Waals surface area contributed by atoms with Crippen LogP contribution in [0.15, 0.2) is 50.3 Å². The van der Waals surface area contributed by atoms with Gasteiger partial charge in [0.25, 0.3) is 0 Å². The second-order valence-corrected chi connectivity index (χ2v) is 5.91. The average molecular weight is 399 g/mol. The molecule has 0 heterocycles. The van der Waals surface area contributed by atoms with E-state index >= 15 is 0 Å². The standard InChI is InChI=1S/C15H13Br2NO2/c1-20-13-4-2-10(3-5-13)8-18-9-11-6-12(16)7-14(17)15(11)19/h2-7,9,19H,8H2,1H3. The summed E-state index contributed by atoms with van der Waals surface area (Å²) < 4.78 is 6.62. The quantitative estimate of drug-likeness (QED) is 0.768. The van der Waals surface area contributed by atoms with Gasteiger partial charge in [-0.3, -0.25) is 4.99 Å². The molecule has 2 aromatic rings. The molecule has 0 aliphatic rings. The van der Waals surface area contributed by atoms with Crippen LogP contribution in [0.2, 0.25) is 0 Å². The van der Waals surface area contributed by atoms with Crippen LogP contribution in [-0.2, 0) is 6.54 Å². The van der Waals surface area contributed by atoms with Crippen molar-refractivity contribution in [2.24, 2.45) is 4.99 Å². The number of halogens is 2. The van der Waals surface area contributed by atoms with Crippen LogP contribution in [0.5, 0.6) is 11.5 Å². The van der Waals surface area contributed by atoms with Gasteiger partial charge in [0, 0.05) is 16.3 Å². The van der Waals surface area contributed by atoms with Gasteiger partial charge >= 0.3 is 0 Å². The number of aromatic hydroxyl groups is 1. The fraction of sp³-hybridized carbons (Fsp3) is 0.133. The number of phenolic OH excluding ortho intramolecular Hbond substituents is 1. The molecule has 0 aliphatic heterocycles. The Kier molecular flexibility index (Phi) is 5.20. The van der Waals surface area contributed by atoms with E-state index in [9.17, 15) is 5.11 Å². The number of rotatable bonds is 4. The molecule has 20 heavy (non-hydrogen) atoms. The lowest BCUT2D eigenvalue weighted by molar-refractivity contribution is 0.414. The zero-order valence-electron chi connectivity index (χ0n) is 10.8. The Morgan fingerprint density at radius 1 is 1.20 bits per heavy atom. The van der Waals surface area contributed by atoms with Crippen molar-refractivity contribution in [1.29, 1.82) is 0 Å². The molecule has 0 unspecified atom stereocenters. The molecular formula is C15H13Br2NO2. The van der Waals surface area contributed by atoms with E-state index in [0.29, 0.717) is 16.6 Å². The van der Waals surface area contributed by atoms with Gasteiger partial charge in [-0.15, -0.1) is 0 Å². The predicted molar refractivity (Wildman–Crippen MR) is 87.8 cm³/mol. The minimum absolute atomic E-state index is 0.187. The van der Waals surface area contributed by atoms with Crippen molar-refractivity contribution in [2.75, 3.05) is 7.11 Å². The SMILES string of the molecule is COc1ccc(CN=Cc2cc(Br)cc(Br)c2O)cc1. The number of nitrogens with zero attached hydrogens (tertiary/aromatic N) is 1. The number of aliphatic imine (C=N–C) groups is 1. The van der Waals surface area contributed by atoms with E-state index in [2.05, 4.69) is 36.9 Å².